The second kappa shape index (κ2) is 7.60. The Kier molecular flexibility index (Phi) is 5.87. The number of hydrogen-bond acceptors (Lipinski definition) is 0. The van der Waals surface area contributed by atoms with Crippen molar-refractivity contribution in [1.82, 2.24) is 0 Å². The lowest BCUT2D eigenvalue weighted by Gasteiger charge is -1.85. The van der Waals surface area contributed by atoms with Crippen LogP contribution in [0.4, 0.5) is 0 Å². The monoisotopic (exact) mass is 173 g/mol. The van der Waals surface area contributed by atoms with E-state index >= 15 is 0 Å². The first-order chi connectivity index (χ1) is 6.50. The van der Waals surface area contributed by atoms with Crippen LogP contribution in [-0.4, -0.2) is 0 Å². The van der Waals surface area contributed by atoms with Crippen LogP contribution in [0.3, 0.4) is 0 Å². The second-order valence-electron chi connectivity index (χ2n) is 3.09. The molecule has 0 aliphatic heterocycles. The van der Waals surface area contributed by atoms with Crippen molar-refractivity contribution in [2.24, 2.45) is 0 Å². The molecule has 0 saturated heterocycles. The molecule has 0 spiro atoms. The third kappa shape index (κ3) is 6.15. The molecule has 0 N–H and O–H groups in total. The van der Waals surface area contributed by atoms with E-state index in [4.69, 9.17) is 0 Å². The van der Waals surface area contributed by atoms with Crippen molar-refractivity contribution >= 4 is 0 Å². The van der Waals surface area contributed by atoms with E-state index in [0.29, 0.717) is 0 Å². The highest BCUT2D eigenvalue weighted by atomic mass is 13.9. The molecule has 0 nitrogen and oxygen atoms in total. The zero-order valence-corrected chi connectivity index (χ0v) is 8.08. The Balaban J connectivity index is 2.38. The average molecular weight is 173 g/mol. The molecule has 0 fully saturated rings. The van der Waals surface area contributed by atoms with Gasteiger partial charge in [-0.25, -0.2) is 0 Å². The summed E-state index contributed by atoms with van der Waals surface area (Å²) in [5, 5.41) is 0. The van der Waals surface area contributed by atoms with Crippen molar-refractivity contribution in [2.75, 3.05) is 0 Å². The van der Waals surface area contributed by atoms with Gasteiger partial charge in [0.1, 0.15) is 0 Å². The van der Waals surface area contributed by atoms with E-state index in [2.05, 4.69) is 42.5 Å². The van der Waals surface area contributed by atoms with Gasteiger partial charge in [0.25, 0.3) is 0 Å². The molecule has 0 unspecified atom stereocenters. The van der Waals surface area contributed by atoms with Gasteiger partial charge in [-0.3, -0.25) is 0 Å². The summed E-state index contributed by atoms with van der Waals surface area (Å²) in [4.78, 5) is 0. The molecule has 1 rings (SSSR count). The first-order valence-electron chi connectivity index (χ1n) is 5.02. The number of rotatable bonds is 0. The SMILES string of the molecule is [C]1=C/C=C\CC/C=C\C/C=C\CC/1. The van der Waals surface area contributed by atoms with E-state index < -0.39 is 0 Å². The molecule has 0 heterocycles. The van der Waals surface area contributed by atoms with Gasteiger partial charge in [0, 0.05) is 0 Å². The maximum Gasteiger partial charge on any atom is -0.0169 e. The highest BCUT2D eigenvalue weighted by Crippen LogP contribution is 1.99. The van der Waals surface area contributed by atoms with E-state index in [-0.39, 0.29) is 0 Å². The Labute approximate surface area is 81.4 Å². The van der Waals surface area contributed by atoms with Crippen molar-refractivity contribution in [3.05, 3.63) is 48.6 Å². The van der Waals surface area contributed by atoms with Crippen LogP contribution in [0.15, 0.2) is 42.5 Å². The van der Waals surface area contributed by atoms with Crippen LogP contribution in [-0.2, 0) is 0 Å². The molecular formula is C13H17. The molecule has 0 aromatic rings. The van der Waals surface area contributed by atoms with Crippen LogP contribution in [0, 0.1) is 6.08 Å². The van der Waals surface area contributed by atoms with Crippen molar-refractivity contribution in [1.29, 1.82) is 0 Å². The molecule has 69 valence electrons. The lowest BCUT2D eigenvalue weighted by molar-refractivity contribution is 1.02. The van der Waals surface area contributed by atoms with Gasteiger partial charge in [0.2, 0.25) is 0 Å². The summed E-state index contributed by atoms with van der Waals surface area (Å²) < 4.78 is 0. The van der Waals surface area contributed by atoms with Gasteiger partial charge >= 0.3 is 0 Å². The maximum absolute atomic E-state index is 3.24. The van der Waals surface area contributed by atoms with E-state index in [1.54, 1.807) is 0 Å². The van der Waals surface area contributed by atoms with Crippen molar-refractivity contribution < 1.29 is 0 Å². The Morgan fingerprint density at radius 1 is 0.769 bits per heavy atom. The minimum absolute atomic E-state index is 1.03. The lowest BCUT2D eigenvalue weighted by Crippen LogP contribution is -1.65. The highest BCUT2D eigenvalue weighted by Gasteiger charge is 1.79. The molecule has 0 atom stereocenters. The summed E-state index contributed by atoms with van der Waals surface area (Å²) in [6, 6.07) is 0. The van der Waals surface area contributed by atoms with Crippen LogP contribution in [0.5, 0.6) is 0 Å². The summed E-state index contributed by atoms with van der Waals surface area (Å²) in [5.41, 5.74) is 0. The topological polar surface area (TPSA) is 0 Å². The van der Waals surface area contributed by atoms with Gasteiger partial charge in [-0.1, -0.05) is 42.5 Å². The van der Waals surface area contributed by atoms with Gasteiger partial charge in [-0.05, 0) is 38.2 Å². The van der Waals surface area contributed by atoms with Gasteiger partial charge < -0.3 is 0 Å². The van der Waals surface area contributed by atoms with E-state index in [9.17, 15) is 0 Å². The quantitative estimate of drug-likeness (QED) is 0.486. The second-order valence-corrected chi connectivity index (χ2v) is 3.09. The van der Waals surface area contributed by atoms with Crippen molar-refractivity contribution in [3.8, 4) is 0 Å². The highest BCUT2D eigenvalue weighted by molar-refractivity contribution is 5.01. The fourth-order valence-corrected chi connectivity index (χ4v) is 1.18. The first-order valence-corrected chi connectivity index (χ1v) is 5.02. The molecule has 1 aliphatic rings. The van der Waals surface area contributed by atoms with Gasteiger partial charge in [-0.2, -0.15) is 0 Å². The van der Waals surface area contributed by atoms with E-state index in [1.807, 2.05) is 6.08 Å². The summed E-state index contributed by atoms with van der Waals surface area (Å²) >= 11 is 0. The van der Waals surface area contributed by atoms with Gasteiger partial charge in [0.05, 0.1) is 0 Å². The largest absolute Gasteiger partial charge is 0.0879 e. The fraction of sp³-hybridized carbons (Fsp3) is 0.385. The van der Waals surface area contributed by atoms with Crippen LogP contribution in [0.25, 0.3) is 0 Å². The standard InChI is InChI=1S/C13H17/c1-2-4-6-8-10-12-13-11-9-7-5-3-1/h1-3,8,10-11,13H,4,6-7,9,12H2/b2-1-,5-3?,10-8-,13-11-. The maximum atomic E-state index is 3.24. The van der Waals surface area contributed by atoms with Gasteiger partial charge in [-0.15, -0.1) is 0 Å². The summed E-state index contributed by atoms with van der Waals surface area (Å²) in [6.07, 6.45) is 24.0. The number of hydrogen-bond donors (Lipinski definition) is 0. The lowest BCUT2D eigenvalue weighted by atomic mass is 10.2. The Morgan fingerprint density at radius 2 is 1.54 bits per heavy atom. The van der Waals surface area contributed by atoms with Crippen LogP contribution in [0.1, 0.15) is 32.1 Å². The Bertz CT molecular complexity index is 192. The van der Waals surface area contributed by atoms with Gasteiger partial charge in [0.15, 0.2) is 0 Å². The molecule has 0 saturated carbocycles. The molecule has 13 heavy (non-hydrogen) atoms. The van der Waals surface area contributed by atoms with Crippen LogP contribution < -0.4 is 0 Å². The zero-order chi connectivity index (χ0) is 9.19. The summed E-state index contributed by atoms with van der Waals surface area (Å²) in [6.45, 7) is 0. The molecule has 1 aliphatic carbocycles. The Hall–Kier alpha value is -1.04. The minimum atomic E-state index is 1.03. The third-order valence-corrected chi connectivity index (χ3v) is 1.91. The average Bonchev–Trinajstić information content (AvgIpc) is 2.18. The van der Waals surface area contributed by atoms with Crippen LogP contribution in [0.2, 0.25) is 0 Å². The summed E-state index contributed by atoms with van der Waals surface area (Å²) in [5.74, 6) is 0. The summed E-state index contributed by atoms with van der Waals surface area (Å²) in [7, 11) is 0. The first kappa shape index (κ1) is 10.0. The predicted octanol–water partition coefficient (Wildman–Crippen LogP) is 3.98. The number of allylic oxidation sites excluding steroid dienone is 8. The normalized spacial score (nSPS) is 28.9. The third-order valence-electron chi connectivity index (χ3n) is 1.91. The van der Waals surface area contributed by atoms with E-state index in [0.717, 1.165) is 32.1 Å². The minimum Gasteiger partial charge on any atom is -0.0879 e. The molecule has 0 amide bonds. The zero-order valence-electron chi connectivity index (χ0n) is 8.08. The predicted molar refractivity (Wildman–Crippen MR) is 58.3 cm³/mol. The molecular weight excluding hydrogens is 156 g/mol. The fourth-order valence-electron chi connectivity index (χ4n) is 1.18. The van der Waals surface area contributed by atoms with E-state index in [1.165, 1.54) is 0 Å². The molecule has 0 heteroatoms. The Morgan fingerprint density at radius 3 is 2.46 bits per heavy atom. The van der Waals surface area contributed by atoms with Crippen LogP contribution >= 0.6 is 0 Å². The molecule has 0 bridgehead atoms. The smallest absolute Gasteiger partial charge is 0.0169 e. The molecule has 0 aromatic carbocycles. The van der Waals surface area contributed by atoms with Crippen molar-refractivity contribution in [2.45, 2.75) is 32.1 Å². The molecule has 0 aromatic heterocycles. The van der Waals surface area contributed by atoms with Crippen molar-refractivity contribution in [3.63, 3.8) is 0 Å². The molecule has 1 radical (unpaired) electrons.